The van der Waals surface area contributed by atoms with Gasteiger partial charge in [-0.25, -0.2) is 4.39 Å². The SMILES string of the molecule is CCC(CC)COc1c(F)cccc1CNC(C)(C)C. The number of halogens is 1. The highest BCUT2D eigenvalue weighted by Crippen LogP contribution is 2.24. The highest BCUT2D eigenvalue weighted by atomic mass is 19.1. The van der Waals surface area contributed by atoms with Gasteiger partial charge in [-0.1, -0.05) is 38.8 Å². The fourth-order valence-electron chi connectivity index (χ4n) is 1.94. The second kappa shape index (κ2) is 7.63. The quantitative estimate of drug-likeness (QED) is 0.793. The standard InChI is InChI=1S/C17H28FNO/c1-6-13(7-2)12-20-16-14(9-8-10-15(16)18)11-19-17(3,4)5/h8-10,13,19H,6-7,11-12H2,1-5H3. The Labute approximate surface area is 122 Å². The molecule has 0 saturated heterocycles. The second-order valence-electron chi connectivity index (χ2n) is 6.33. The fourth-order valence-corrected chi connectivity index (χ4v) is 1.94. The van der Waals surface area contributed by atoms with E-state index >= 15 is 0 Å². The van der Waals surface area contributed by atoms with Gasteiger partial charge in [0, 0.05) is 17.6 Å². The molecule has 0 amide bonds. The first-order valence-corrected chi connectivity index (χ1v) is 7.52. The molecule has 0 radical (unpaired) electrons. The molecule has 1 rings (SSSR count). The van der Waals surface area contributed by atoms with Crippen LogP contribution in [-0.2, 0) is 6.54 Å². The third-order valence-electron chi connectivity index (χ3n) is 3.48. The van der Waals surface area contributed by atoms with Crippen LogP contribution in [0.5, 0.6) is 5.75 Å². The number of hydrogen-bond acceptors (Lipinski definition) is 2. The van der Waals surface area contributed by atoms with Crippen LogP contribution >= 0.6 is 0 Å². The third-order valence-corrected chi connectivity index (χ3v) is 3.48. The number of nitrogens with one attached hydrogen (secondary N) is 1. The molecular formula is C17H28FNO. The molecule has 0 aromatic heterocycles. The summed E-state index contributed by atoms with van der Waals surface area (Å²) in [5.41, 5.74) is 0.879. The van der Waals surface area contributed by atoms with Crippen molar-refractivity contribution in [2.24, 2.45) is 5.92 Å². The first kappa shape index (κ1) is 17.0. The molecule has 114 valence electrons. The number of benzene rings is 1. The average molecular weight is 281 g/mol. The lowest BCUT2D eigenvalue weighted by Crippen LogP contribution is -2.35. The summed E-state index contributed by atoms with van der Waals surface area (Å²) in [4.78, 5) is 0. The lowest BCUT2D eigenvalue weighted by molar-refractivity contribution is 0.228. The van der Waals surface area contributed by atoms with Crippen molar-refractivity contribution >= 4 is 0 Å². The van der Waals surface area contributed by atoms with Crippen molar-refractivity contribution in [3.8, 4) is 5.75 Å². The molecule has 2 nitrogen and oxygen atoms in total. The van der Waals surface area contributed by atoms with Crippen LogP contribution in [0.1, 0.15) is 53.0 Å². The van der Waals surface area contributed by atoms with E-state index in [1.807, 2.05) is 6.07 Å². The lowest BCUT2D eigenvalue weighted by atomic mass is 10.1. The van der Waals surface area contributed by atoms with Gasteiger partial charge in [-0.2, -0.15) is 0 Å². The molecule has 0 saturated carbocycles. The molecule has 20 heavy (non-hydrogen) atoms. The summed E-state index contributed by atoms with van der Waals surface area (Å²) in [6, 6.07) is 5.12. The highest BCUT2D eigenvalue weighted by molar-refractivity contribution is 5.35. The van der Waals surface area contributed by atoms with Crippen molar-refractivity contribution < 1.29 is 9.13 Å². The van der Waals surface area contributed by atoms with Crippen molar-refractivity contribution in [1.29, 1.82) is 0 Å². The number of hydrogen-bond donors (Lipinski definition) is 1. The maximum atomic E-state index is 14.0. The van der Waals surface area contributed by atoms with Crippen molar-refractivity contribution in [3.63, 3.8) is 0 Å². The minimum Gasteiger partial charge on any atom is -0.490 e. The summed E-state index contributed by atoms with van der Waals surface area (Å²) >= 11 is 0. The Morgan fingerprint density at radius 3 is 2.40 bits per heavy atom. The normalized spacial score (nSPS) is 11.9. The zero-order valence-electron chi connectivity index (χ0n) is 13.4. The van der Waals surface area contributed by atoms with Gasteiger partial charge >= 0.3 is 0 Å². The van der Waals surface area contributed by atoms with Gasteiger partial charge in [-0.15, -0.1) is 0 Å². The van der Waals surface area contributed by atoms with Crippen LogP contribution in [0.25, 0.3) is 0 Å². The van der Waals surface area contributed by atoms with E-state index in [2.05, 4.69) is 39.9 Å². The van der Waals surface area contributed by atoms with Crippen LogP contribution in [0, 0.1) is 11.7 Å². The summed E-state index contributed by atoms with van der Waals surface area (Å²) in [5, 5.41) is 3.37. The Balaban J connectivity index is 2.77. The zero-order chi connectivity index (χ0) is 15.2. The summed E-state index contributed by atoms with van der Waals surface area (Å²) in [7, 11) is 0. The van der Waals surface area contributed by atoms with Gasteiger partial charge in [-0.3, -0.25) is 0 Å². The first-order valence-electron chi connectivity index (χ1n) is 7.52. The largest absolute Gasteiger partial charge is 0.490 e. The highest BCUT2D eigenvalue weighted by Gasteiger charge is 2.15. The van der Waals surface area contributed by atoms with Crippen molar-refractivity contribution in [2.75, 3.05) is 6.61 Å². The molecule has 0 unspecified atom stereocenters. The van der Waals surface area contributed by atoms with Crippen LogP contribution in [0.3, 0.4) is 0 Å². The van der Waals surface area contributed by atoms with Gasteiger partial charge in [0.05, 0.1) is 6.61 Å². The predicted molar refractivity (Wildman–Crippen MR) is 82.6 cm³/mol. The Morgan fingerprint density at radius 2 is 1.85 bits per heavy atom. The number of ether oxygens (including phenoxy) is 1. The topological polar surface area (TPSA) is 21.3 Å². The van der Waals surface area contributed by atoms with Gasteiger partial charge < -0.3 is 10.1 Å². The van der Waals surface area contributed by atoms with Crippen LogP contribution < -0.4 is 10.1 Å². The Bertz CT molecular complexity index is 408. The fraction of sp³-hybridized carbons (Fsp3) is 0.647. The molecule has 0 heterocycles. The van der Waals surface area contributed by atoms with E-state index in [4.69, 9.17) is 4.74 Å². The molecular weight excluding hydrogens is 253 g/mol. The van der Waals surface area contributed by atoms with Crippen molar-refractivity contribution in [2.45, 2.75) is 59.5 Å². The molecule has 0 aliphatic rings. The minimum atomic E-state index is -0.274. The molecule has 0 aliphatic heterocycles. The third kappa shape index (κ3) is 5.49. The van der Waals surface area contributed by atoms with Crippen LogP contribution in [0.15, 0.2) is 18.2 Å². The van der Waals surface area contributed by atoms with E-state index in [9.17, 15) is 4.39 Å². The predicted octanol–water partition coefficient (Wildman–Crippen LogP) is 4.53. The van der Waals surface area contributed by atoms with Gasteiger partial charge in [-0.05, 0) is 32.8 Å². The first-order chi connectivity index (χ1) is 9.37. The Hall–Kier alpha value is -1.09. The van der Waals surface area contributed by atoms with E-state index in [-0.39, 0.29) is 11.4 Å². The molecule has 0 spiro atoms. The maximum Gasteiger partial charge on any atom is 0.165 e. The van der Waals surface area contributed by atoms with Crippen molar-refractivity contribution in [1.82, 2.24) is 5.32 Å². The summed E-state index contributed by atoms with van der Waals surface area (Å²) < 4.78 is 19.7. The second-order valence-corrected chi connectivity index (χ2v) is 6.33. The molecule has 1 N–H and O–H groups in total. The van der Waals surface area contributed by atoms with Gasteiger partial charge in [0.15, 0.2) is 11.6 Å². The zero-order valence-corrected chi connectivity index (χ0v) is 13.4. The van der Waals surface area contributed by atoms with E-state index in [1.165, 1.54) is 6.07 Å². The molecule has 0 bridgehead atoms. The van der Waals surface area contributed by atoms with E-state index in [0.29, 0.717) is 24.8 Å². The molecule has 3 heteroatoms. The smallest absolute Gasteiger partial charge is 0.165 e. The lowest BCUT2D eigenvalue weighted by Gasteiger charge is -2.22. The van der Waals surface area contributed by atoms with Crippen LogP contribution in [0.2, 0.25) is 0 Å². The van der Waals surface area contributed by atoms with E-state index in [1.54, 1.807) is 6.07 Å². The monoisotopic (exact) mass is 281 g/mol. The Morgan fingerprint density at radius 1 is 1.20 bits per heavy atom. The minimum absolute atomic E-state index is 0.00103. The summed E-state index contributed by atoms with van der Waals surface area (Å²) in [6.45, 7) is 11.8. The van der Waals surface area contributed by atoms with E-state index in [0.717, 1.165) is 18.4 Å². The van der Waals surface area contributed by atoms with Crippen molar-refractivity contribution in [3.05, 3.63) is 29.6 Å². The van der Waals surface area contributed by atoms with E-state index < -0.39 is 0 Å². The Kier molecular flexibility index (Phi) is 6.47. The van der Waals surface area contributed by atoms with Gasteiger partial charge in [0.1, 0.15) is 0 Å². The summed E-state index contributed by atoms with van der Waals surface area (Å²) in [5.74, 6) is 0.610. The molecule has 0 aliphatic carbocycles. The van der Waals surface area contributed by atoms with Crippen LogP contribution in [0.4, 0.5) is 4.39 Å². The molecule has 1 aromatic rings. The van der Waals surface area contributed by atoms with Gasteiger partial charge in [0.25, 0.3) is 0 Å². The number of rotatable bonds is 7. The molecule has 0 fully saturated rings. The van der Waals surface area contributed by atoms with Gasteiger partial charge in [0.2, 0.25) is 0 Å². The maximum absolute atomic E-state index is 14.0. The van der Waals surface area contributed by atoms with Crippen LogP contribution in [-0.4, -0.2) is 12.1 Å². The molecule has 1 aromatic carbocycles. The summed E-state index contributed by atoms with van der Waals surface area (Å²) in [6.07, 6.45) is 2.11. The molecule has 0 atom stereocenters. The average Bonchev–Trinajstić information content (AvgIpc) is 2.38. The number of para-hydroxylation sites is 1.